The third kappa shape index (κ3) is 3.12. The van der Waals surface area contributed by atoms with Gasteiger partial charge in [0, 0.05) is 12.6 Å². The van der Waals surface area contributed by atoms with Crippen molar-refractivity contribution in [2.75, 3.05) is 27.7 Å². The Morgan fingerprint density at radius 1 is 1.35 bits per heavy atom. The number of benzene rings is 1. The number of rotatable bonds is 4. The van der Waals surface area contributed by atoms with E-state index in [2.05, 4.69) is 0 Å². The highest BCUT2D eigenvalue weighted by molar-refractivity contribution is 5.99. The number of aliphatic carboxylic acids is 1. The van der Waals surface area contributed by atoms with Crippen molar-refractivity contribution in [3.05, 3.63) is 29.3 Å². The molecule has 1 N–H and O–H groups in total. The lowest BCUT2D eigenvalue weighted by atomic mass is 10.1. The number of carboxylic acids is 1. The van der Waals surface area contributed by atoms with Crippen LogP contribution in [0, 0.1) is 11.6 Å². The van der Waals surface area contributed by atoms with E-state index in [-0.39, 0.29) is 24.8 Å². The van der Waals surface area contributed by atoms with Crippen LogP contribution in [0.15, 0.2) is 12.1 Å². The maximum atomic E-state index is 14.1. The van der Waals surface area contributed by atoms with Gasteiger partial charge in [-0.25, -0.2) is 13.6 Å². The predicted molar refractivity (Wildman–Crippen MR) is 77.5 cm³/mol. The van der Waals surface area contributed by atoms with Gasteiger partial charge in [-0.05, 0) is 32.6 Å². The average molecular weight is 328 g/mol. The number of carbonyl (C=O) groups is 2. The second-order valence-electron chi connectivity index (χ2n) is 5.60. The van der Waals surface area contributed by atoms with E-state index in [1.807, 2.05) is 0 Å². The van der Waals surface area contributed by atoms with E-state index in [1.54, 1.807) is 19.0 Å². The zero-order valence-electron chi connectivity index (χ0n) is 13.0. The number of halogens is 2. The summed E-state index contributed by atoms with van der Waals surface area (Å²) in [6.07, 6.45) is 0.216. The molecule has 0 spiro atoms. The number of carbonyl (C=O) groups excluding carboxylic acids is 1. The van der Waals surface area contributed by atoms with E-state index in [0.717, 1.165) is 17.0 Å². The van der Waals surface area contributed by atoms with Crippen LogP contribution in [0.5, 0.6) is 5.75 Å². The maximum Gasteiger partial charge on any atom is 0.326 e. The van der Waals surface area contributed by atoms with Crippen LogP contribution in [0.25, 0.3) is 0 Å². The quantitative estimate of drug-likeness (QED) is 0.899. The van der Waals surface area contributed by atoms with Crippen LogP contribution in [0.1, 0.15) is 16.8 Å². The minimum atomic E-state index is -1.34. The first-order valence-corrected chi connectivity index (χ1v) is 7.00. The van der Waals surface area contributed by atoms with E-state index in [4.69, 9.17) is 4.74 Å². The fourth-order valence-electron chi connectivity index (χ4n) is 2.69. The van der Waals surface area contributed by atoms with Gasteiger partial charge in [-0.1, -0.05) is 0 Å². The number of methoxy groups -OCH3 is 1. The second kappa shape index (κ2) is 6.49. The van der Waals surface area contributed by atoms with Gasteiger partial charge in [0.15, 0.2) is 11.6 Å². The summed E-state index contributed by atoms with van der Waals surface area (Å²) in [5.41, 5.74) is -0.585. The first-order valence-electron chi connectivity index (χ1n) is 7.00. The van der Waals surface area contributed by atoms with Crippen LogP contribution >= 0.6 is 0 Å². The third-order valence-electron chi connectivity index (χ3n) is 4.05. The monoisotopic (exact) mass is 328 g/mol. The Morgan fingerprint density at radius 3 is 2.52 bits per heavy atom. The fraction of sp³-hybridized carbons (Fsp3) is 0.467. The van der Waals surface area contributed by atoms with Crippen molar-refractivity contribution in [1.82, 2.24) is 9.80 Å². The molecule has 1 aromatic rings. The van der Waals surface area contributed by atoms with Gasteiger partial charge in [0.2, 0.25) is 0 Å². The first-order chi connectivity index (χ1) is 10.8. The molecule has 1 heterocycles. The molecule has 1 aliphatic heterocycles. The molecule has 1 amide bonds. The van der Waals surface area contributed by atoms with E-state index in [9.17, 15) is 23.5 Å². The van der Waals surface area contributed by atoms with Crippen molar-refractivity contribution in [2.45, 2.75) is 18.5 Å². The highest BCUT2D eigenvalue weighted by Crippen LogP contribution is 2.29. The lowest BCUT2D eigenvalue weighted by Gasteiger charge is -2.23. The van der Waals surface area contributed by atoms with Crippen LogP contribution in [0.2, 0.25) is 0 Å². The van der Waals surface area contributed by atoms with E-state index < -0.39 is 35.1 Å². The maximum absolute atomic E-state index is 14.1. The molecule has 0 aliphatic carbocycles. The van der Waals surface area contributed by atoms with Crippen molar-refractivity contribution in [3.63, 3.8) is 0 Å². The molecule has 1 fully saturated rings. The van der Waals surface area contributed by atoms with Gasteiger partial charge in [0.05, 0.1) is 7.11 Å². The molecule has 0 radical (unpaired) electrons. The number of hydrogen-bond donors (Lipinski definition) is 1. The molecular formula is C15H18F2N2O4. The summed E-state index contributed by atoms with van der Waals surface area (Å²) >= 11 is 0. The summed E-state index contributed by atoms with van der Waals surface area (Å²) < 4.78 is 32.5. The summed E-state index contributed by atoms with van der Waals surface area (Å²) in [5.74, 6) is -4.74. The van der Waals surface area contributed by atoms with Gasteiger partial charge < -0.3 is 19.6 Å². The third-order valence-corrected chi connectivity index (χ3v) is 4.05. The average Bonchev–Trinajstić information content (AvgIpc) is 2.95. The van der Waals surface area contributed by atoms with E-state index in [0.29, 0.717) is 0 Å². The lowest BCUT2D eigenvalue weighted by molar-refractivity contribution is -0.141. The van der Waals surface area contributed by atoms with Crippen molar-refractivity contribution in [2.24, 2.45) is 0 Å². The topological polar surface area (TPSA) is 70.1 Å². The van der Waals surface area contributed by atoms with Gasteiger partial charge in [0.25, 0.3) is 5.91 Å². The number of ether oxygens (including phenoxy) is 1. The molecule has 0 bridgehead atoms. The Labute approximate surface area is 132 Å². The Kier molecular flexibility index (Phi) is 4.84. The van der Waals surface area contributed by atoms with Crippen molar-refractivity contribution in [3.8, 4) is 5.75 Å². The normalized spacial score (nSPS) is 20.9. The number of nitrogens with zero attached hydrogens (tertiary/aromatic N) is 2. The highest BCUT2D eigenvalue weighted by Gasteiger charge is 2.42. The molecule has 2 atom stereocenters. The second-order valence-corrected chi connectivity index (χ2v) is 5.60. The van der Waals surface area contributed by atoms with Crippen molar-refractivity contribution < 1.29 is 28.2 Å². The Bertz CT molecular complexity index is 636. The molecule has 0 aromatic heterocycles. The minimum absolute atomic E-state index is 0.113. The van der Waals surface area contributed by atoms with E-state index >= 15 is 0 Å². The molecule has 1 aliphatic rings. The van der Waals surface area contributed by atoms with Crippen LogP contribution in [-0.4, -0.2) is 66.6 Å². The summed E-state index contributed by atoms with van der Waals surface area (Å²) in [7, 11) is 4.76. The Morgan fingerprint density at radius 2 is 2.00 bits per heavy atom. The Balaban J connectivity index is 2.43. The van der Waals surface area contributed by atoms with Gasteiger partial charge >= 0.3 is 5.97 Å². The van der Waals surface area contributed by atoms with Crippen molar-refractivity contribution >= 4 is 11.9 Å². The molecule has 1 saturated heterocycles. The molecule has 23 heavy (non-hydrogen) atoms. The zero-order valence-corrected chi connectivity index (χ0v) is 13.0. The molecule has 0 saturated carbocycles. The largest absolute Gasteiger partial charge is 0.496 e. The number of amides is 1. The molecule has 6 nitrogen and oxygen atoms in total. The molecular weight excluding hydrogens is 310 g/mol. The SMILES string of the molecule is COc1ccc(F)c(F)c1C(=O)N1C[C@H](N(C)C)C[C@H]1C(=O)O. The highest BCUT2D eigenvalue weighted by atomic mass is 19.2. The molecule has 2 rings (SSSR count). The molecule has 126 valence electrons. The zero-order chi connectivity index (χ0) is 17.3. The predicted octanol–water partition coefficient (Wildman–Crippen LogP) is 1.20. The minimum Gasteiger partial charge on any atom is -0.496 e. The van der Waals surface area contributed by atoms with Crippen LogP contribution in [0.4, 0.5) is 8.78 Å². The van der Waals surface area contributed by atoms with E-state index in [1.165, 1.54) is 7.11 Å². The number of hydrogen-bond acceptors (Lipinski definition) is 4. The Hall–Kier alpha value is -2.22. The van der Waals surface area contributed by atoms with Gasteiger partial charge in [-0.3, -0.25) is 4.79 Å². The standard InChI is InChI=1S/C15H18F2N2O4/c1-18(2)8-6-10(15(21)22)19(7-8)14(20)12-11(23-3)5-4-9(16)13(12)17/h4-5,8,10H,6-7H2,1-3H3,(H,21,22)/t8-,10+/m1/s1. The van der Waals surface area contributed by atoms with Gasteiger partial charge in [-0.2, -0.15) is 0 Å². The molecule has 1 aromatic carbocycles. The summed E-state index contributed by atoms with van der Waals surface area (Å²) in [6.45, 7) is 0.113. The van der Waals surface area contributed by atoms with Crippen molar-refractivity contribution in [1.29, 1.82) is 0 Å². The number of likely N-dealkylation sites (tertiary alicyclic amines) is 1. The molecule has 0 unspecified atom stereocenters. The fourth-order valence-corrected chi connectivity index (χ4v) is 2.69. The molecule has 8 heteroatoms. The van der Waals surface area contributed by atoms with Crippen LogP contribution in [0.3, 0.4) is 0 Å². The smallest absolute Gasteiger partial charge is 0.326 e. The van der Waals surface area contributed by atoms with Crippen LogP contribution < -0.4 is 4.74 Å². The van der Waals surface area contributed by atoms with Gasteiger partial charge in [-0.15, -0.1) is 0 Å². The number of likely N-dealkylation sites (N-methyl/N-ethyl adjacent to an activating group) is 1. The number of carboxylic acid groups (broad SMARTS) is 1. The lowest BCUT2D eigenvalue weighted by Crippen LogP contribution is -2.41. The van der Waals surface area contributed by atoms with Crippen LogP contribution in [-0.2, 0) is 4.79 Å². The first kappa shape index (κ1) is 17.1. The summed E-state index contributed by atoms with van der Waals surface area (Å²) in [6, 6.07) is 0.720. The summed E-state index contributed by atoms with van der Waals surface area (Å²) in [5, 5.41) is 9.32. The summed E-state index contributed by atoms with van der Waals surface area (Å²) in [4.78, 5) is 26.9. The van der Waals surface area contributed by atoms with Gasteiger partial charge in [0.1, 0.15) is 17.4 Å².